The van der Waals surface area contributed by atoms with E-state index in [0.29, 0.717) is 85.9 Å². The first-order valence-corrected chi connectivity index (χ1v) is 29.5. The molecule has 0 spiro atoms. The van der Waals surface area contributed by atoms with Crippen molar-refractivity contribution in [2.45, 2.75) is 96.9 Å². The molecule has 3 aromatic heterocycles. The van der Waals surface area contributed by atoms with Gasteiger partial charge in [0.2, 0.25) is 23.6 Å². The lowest BCUT2D eigenvalue weighted by atomic mass is 9.88. The molecule has 0 aliphatic carbocycles. The van der Waals surface area contributed by atoms with Crippen molar-refractivity contribution >= 4 is 57.5 Å². The first-order valence-electron chi connectivity index (χ1n) is 28.6. The van der Waals surface area contributed by atoms with Gasteiger partial charge in [-0.15, -0.1) is 11.3 Å². The van der Waals surface area contributed by atoms with Crippen molar-refractivity contribution in [3.8, 4) is 33.2 Å². The summed E-state index contributed by atoms with van der Waals surface area (Å²) < 4.78 is 30.6. The van der Waals surface area contributed by atoms with Crippen molar-refractivity contribution in [3.05, 3.63) is 109 Å². The molecule has 0 unspecified atom stereocenters. The Labute approximate surface area is 489 Å². The standard InChI is InChI=1S/C61H79N11O10S/c1-5-52(74)68-49-33-45(19-20-51(49)82-48-13-9-8-10-14-48)56-55-58(62)65-40-66-59(55)72(69-56)46-21-24-70(25-22-46)23-11-6-7-12-26-78-27-28-79-29-30-80-31-32-81-38-53(75)64-39-61(3,4)35-54(76)71-37-47(73)34-50(71)60(77)63-36-43-15-17-44(18-16-43)57-42(2)67-41-83-57/h5,8-10,13-20,33,40-41,46-47,50,73H,1,6-7,11-12,21-32,34-39H2,2-4H3,(H,63,77)(H,64,75)(H,68,74)(H2,62,65,66)/t47-,50+/m1/s1. The summed E-state index contributed by atoms with van der Waals surface area (Å²) in [5, 5.41) is 24.9. The van der Waals surface area contributed by atoms with E-state index < -0.39 is 17.6 Å². The number of benzene rings is 3. The number of rotatable bonds is 32. The number of nitrogens with zero attached hydrogens (tertiary/aromatic N) is 7. The number of amides is 4. The normalized spacial score (nSPS) is 15.8. The van der Waals surface area contributed by atoms with Crippen molar-refractivity contribution < 1.29 is 48.0 Å². The summed E-state index contributed by atoms with van der Waals surface area (Å²) >= 11 is 1.58. The fourth-order valence-electron chi connectivity index (χ4n) is 10.2. The molecule has 2 fully saturated rings. The Balaban J connectivity index is 0.621. The summed E-state index contributed by atoms with van der Waals surface area (Å²) in [7, 11) is 0. The van der Waals surface area contributed by atoms with Crippen molar-refractivity contribution in [3.63, 3.8) is 0 Å². The summed E-state index contributed by atoms with van der Waals surface area (Å²) in [4.78, 5) is 70.1. The van der Waals surface area contributed by atoms with Crippen LogP contribution in [0.1, 0.15) is 82.5 Å². The van der Waals surface area contributed by atoms with Gasteiger partial charge in [0.05, 0.1) is 78.9 Å². The van der Waals surface area contributed by atoms with Gasteiger partial charge in [-0.25, -0.2) is 19.6 Å². The van der Waals surface area contributed by atoms with Gasteiger partial charge in [-0.2, -0.15) is 5.10 Å². The largest absolute Gasteiger partial charge is 0.455 e. The molecule has 2 aliphatic heterocycles. The minimum absolute atomic E-state index is 0.0764. The van der Waals surface area contributed by atoms with Gasteiger partial charge in [0, 0.05) is 57.7 Å². The number of nitrogens with one attached hydrogen (secondary N) is 3. The van der Waals surface area contributed by atoms with Crippen LogP contribution in [0.2, 0.25) is 0 Å². The number of likely N-dealkylation sites (tertiary alicyclic amines) is 2. The van der Waals surface area contributed by atoms with Crippen molar-refractivity contribution in [1.29, 1.82) is 0 Å². The van der Waals surface area contributed by atoms with E-state index in [4.69, 9.17) is 34.5 Å². The van der Waals surface area contributed by atoms with Gasteiger partial charge in [-0.1, -0.05) is 75.7 Å². The Morgan fingerprint density at radius 1 is 0.843 bits per heavy atom. The molecular weight excluding hydrogens is 1080 g/mol. The quantitative estimate of drug-likeness (QED) is 0.0202. The first kappa shape index (κ1) is 61.9. The van der Waals surface area contributed by atoms with E-state index in [1.165, 1.54) is 17.3 Å². The fraction of sp³-hybridized carbons (Fsp3) is 0.475. The Kier molecular flexibility index (Phi) is 23.1. The van der Waals surface area contributed by atoms with Gasteiger partial charge >= 0.3 is 0 Å². The van der Waals surface area contributed by atoms with Crippen LogP contribution in [0.25, 0.3) is 32.7 Å². The molecule has 8 rings (SSSR count). The molecule has 83 heavy (non-hydrogen) atoms. The molecule has 0 bridgehead atoms. The first-order chi connectivity index (χ1) is 40.2. The van der Waals surface area contributed by atoms with Crippen LogP contribution in [0.5, 0.6) is 11.5 Å². The zero-order valence-electron chi connectivity index (χ0n) is 47.9. The number of nitrogens with two attached hydrogens (primary N) is 1. The second kappa shape index (κ2) is 30.9. The number of nitrogen functional groups attached to an aromatic ring is 1. The molecule has 0 saturated carbocycles. The van der Waals surface area contributed by atoms with E-state index in [1.807, 2.05) is 97.7 Å². The summed E-state index contributed by atoms with van der Waals surface area (Å²) in [5.74, 6) is 0.194. The number of carbonyl (C=O) groups excluding carboxylic acids is 4. The minimum Gasteiger partial charge on any atom is -0.455 e. The van der Waals surface area contributed by atoms with Gasteiger partial charge in [0.15, 0.2) is 11.4 Å². The maximum Gasteiger partial charge on any atom is 0.247 e. The minimum atomic E-state index is -0.798. The van der Waals surface area contributed by atoms with E-state index in [-0.39, 0.29) is 68.8 Å². The van der Waals surface area contributed by atoms with E-state index in [0.717, 1.165) is 85.4 Å². The smallest absolute Gasteiger partial charge is 0.247 e. The van der Waals surface area contributed by atoms with Crippen LogP contribution in [0.3, 0.4) is 0 Å². The van der Waals surface area contributed by atoms with Crippen LogP contribution in [0.15, 0.2) is 97.3 Å². The predicted molar refractivity (Wildman–Crippen MR) is 319 cm³/mol. The van der Waals surface area contributed by atoms with Crippen LogP contribution >= 0.6 is 11.3 Å². The van der Waals surface area contributed by atoms with Crippen LogP contribution in [0, 0.1) is 12.3 Å². The number of hydrogen-bond donors (Lipinski definition) is 5. The Morgan fingerprint density at radius 3 is 2.25 bits per heavy atom. The third-order valence-corrected chi connectivity index (χ3v) is 15.7. The summed E-state index contributed by atoms with van der Waals surface area (Å²) in [5.41, 5.74) is 13.2. The Hall–Kier alpha value is -7.18. The van der Waals surface area contributed by atoms with Crippen LogP contribution in [0.4, 0.5) is 11.5 Å². The third kappa shape index (κ3) is 18.2. The highest BCUT2D eigenvalue weighted by atomic mass is 32.1. The topological polar surface area (TPSA) is 260 Å². The lowest BCUT2D eigenvalue weighted by Gasteiger charge is -2.32. The van der Waals surface area contributed by atoms with E-state index in [1.54, 1.807) is 17.4 Å². The number of unbranched alkanes of at least 4 members (excludes halogenated alkanes) is 3. The van der Waals surface area contributed by atoms with E-state index >= 15 is 0 Å². The molecule has 6 N–H and O–H groups in total. The molecule has 22 heteroatoms. The van der Waals surface area contributed by atoms with Gasteiger partial charge in [0.25, 0.3) is 0 Å². The molecule has 3 aromatic carbocycles. The maximum absolute atomic E-state index is 13.5. The van der Waals surface area contributed by atoms with Crippen LogP contribution < -0.4 is 26.4 Å². The molecule has 2 atom stereocenters. The predicted octanol–water partition coefficient (Wildman–Crippen LogP) is 7.50. The molecule has 21 nitrogen and oxygen atoms in total. The lowest BCUT2D eigenvalue weighted by Crippen LogP contribution is -2.47. The van der Waals surface area contributed by atoms with E-state index in [2.05, 4.69) is 42.4 Å². The molecule has 6 aromatic rings. The van der Waals surface area contributed by atoms with Crippen LogP contribution in [-0.4, -0.2) is 161 Å². The number of aromatic nitrogens is 5. The van der Waals surface area contributed by atoms with Gasteiger partial charge in [0.1, 0.15) is 36.2 Å². The molecule has 2 saturated heterocycles. The monoisotopic (exact) mass is 1160 g/mol. The maximum atomic E-state index is 13.5. The number of fused-ring (bicyclic) bond motifs is 1. The highest BCUT2D eigenvalue weighted by Crippen LogP contribution is 2.39. The summed E-state index contributed by atoms with van der Waals surface area (Å²) in [6, 6.07) is 22.2. The molecule has 5 heterocycles. The second-order valence-electron chi connectivity index (χ2n) is 21.7. The van der Waals surface area contributed by atoms with E-state index in [9.17, 15) is 24.3 Å². The number of carbonyl (C=O) groups is 4. The highest BCUT2D eigenvalue weighted by Gasteiger charge is 2.40. The van der Waals surface area contributed by atoms with Crippen molar-refractivity contribution in [2.75, 3.05) is 96.6 Å². The zero-order valence-corrected chi connectivity index (χ0v) is 48.7. The number of ether oxygens (including phenoxy) is 5. The van der Waals surface area contributed by atoms with Gasteiger partial charge < -0.3 is 60.3 Å². The van der Waals surface area contributed by atoms with Crippen LogP contribution in [-0.2, 0) is 44.7 Å². The number of anilines is 2. The number of para-hydroxylation sites is 1. The number of aryl methyl sites for hydroxylation is 1. The zero-order chi connectivity index (χ0) is 58.6. The Morgan fingerprint density at radius 2 is 1.54 bits per heavy atom. The summed E-state index contributed by atoms with van der Waals surface area (Å²) in [6.45, 7) is 15.7. The fourth-order valence-corrected chi connectivity index (χ4v) is 11.0. The second-order valence-corrected chi connectivity index (χ2v) is 22.6. The number of β-amino-alcohol motifs (C(OH)–C–C–N with tert-alkyl or cyclic N) is 1. The van der Waals surface area contributed by atoms with Crippen molar-refractivity contribution in [2.24, 2.45) is 5.41 Å². The molecule has 4 amide bonds. The molecule has 444 valence electrons. The number of aliphatic hydroxyl groups is 1. The highest BCUT2D eigenvalue weighted by molar-refractivity contribution is 7.13. The molecule has 2 aliphatic rings. The average molecular weight is 1160 g/mol. The molecule has 0 radical (unpaired) electrons. The lowest BCUT2D eigenvalue weighted by molar-refractivity contribution is -0.140. The number of hydrogen-bond acceptors (Lipinski definition) is 17. The third-order valence-electron chi connectivity index (χ3n) is 14.7. The SMILES string of the molecule is C=CC(=O)Nc1cc(-c2nn(C3CCN(CCCCCCOCCOCCOCCOCC(=O)NCC(C)(C)CC(=O)N4C[C@H](O)C[C@H]4C(=O)NCc4ccc(-c5scnc5C)cc4)CC3)c3ncnc(N)c23)ccc1Oc1ccccc1. The van der Waals surface area contributed by atoms with Gasteiger partial charge in [-0.05, 0) is 92.1 Å². The Bertz CT molecular complexity index is 3080. The molecular formula is C61H79N11O10S. The van der Waals surface area contributed by atoms with Gasteiger partial charge in [-0.3, -0.25) is 19.2 Å². The number of aliphatic hydroxyl groups excluding tert-OH is 1. The average Bonchev–Trinajstić information content (AvgIpc) is 3.40. The summed E-state index contributed by atoms with van der Waals surface area (Å²) in [6.07, 6.45) is 8.30. The number of thiazole rings is 1. The van der Waals surface area contributed by atoms with Crippen molar-refractivity contribution in [1.82, 2.24) is 45.2 Å². The number of piperidine rings is 1.